The fourth-order valence-corrected chi connectivity index (χ4v) is 8.59. The fourth-order valence-electron chi connectivity index (χ4n) is 3.31. The lowest BCUT2D eigenvalue weighted by atomic mass is 10.3. The van der Waals surface area contributed by atoms with Crippen LogP contribution in [-0.4, -0.2) is 39.7 Å². The van der Waals surface area contributed by atoms with Gasteiger partial charge in [0.05, 0.1) is 10.9 Å². The molecular weight excluding hydrogens is 733 g/mol. The highest BCUT2D eigenvalue weighted by Crippen LogP contribution is 2.48. The minimum Gasteiger partial charge on any atom is -0.425 e. The molecule has 4 rings (SSSR count). The summed E-state index contributed by atoms with van der Waals surface area (Å²) in [6.07, 6.45) is -14.0. The molecule has 0 fully saturated rings. The van der Waals surface area contributed by atoms with Crippen molar-refractivity contribution < 1.29 is 60.7 Å². The highest BCUT2D eigenvalue weighted by molar-refractivity contribution is 8.13. The number of benzene rings is 4. The number of sulfonamides is 2. The molecular formula is C28H19F10NO4S4. The Morgan fingerprint density at radius 1 is 0.447 bits per heavy atom. The van der Waals surface area contributed by atoms with Crippen LogP contribution in [0.5, 0.6) is 0 Å². The minimum atomic E-state index is -7.62. The summed E-state index contributed by atoms with van der Waals surface area (Å²) < 4.78 is 161. The Labute approximate surface area is 269 Å². The molecule has 0 amide bonds. The molecule has 5 nitrogen and oxygen atoms in total. The zero-order valence-corrected chi connectivity index (χ0v) is 26.2. The first-order valence-electron chi connectivity index (χ1n) is 12.4. The zero-order valence-electron chi connectivity index (χ0n) is 23.0. The molecule has 0 spiro atoms. The molecule has 19 heteroatoms. The van der Waals surface area contributed by atoms with Crippen molar-refractivity contribution in [1.82, 2.24) is 0 Å². The molecule has 0 aliphatic heterocycles. The third kappa shape index (κ3) is 9.01. The Hall–Kier alpha value is -3.26. The first-order valence-corrected chi connectivity index (χ1v) is 17.3. The number of hydrogen-bond donors (Lipinski definition) is 0. The molecule has 0 atom stereocenters. The Morgan fingerprint density at radius 3 is 1.09 bits per heavy atom. The van der Waals surface area contributed by atoms with E-state index in [1.165, 1.54) is 24.5 Å². The van der Waals surface area contributed by atoms with E-state index in [0.29, 0.717) is 4.13 Å². The molecule has 0 aliphatic rings. The van der Waals surface area contributed by atoms with Gasteiger partial charge >= 0.3 is 22.9 Å². The van der Waals surface area contributed by atoms with E-state index < -0.39 is 42.9 Å². The van der Waals surface area contributed by atoms with Crippen molar-refractivity contribution in [2.45, 2.75) is 47.3 Å². The summed E-state index contributed by atoms with van der Waals surface area (Å²) in [7, 11) is -15.3. The van der Waals surface area contributed by atoms with E-state index in [2.05, 4.69) is 115 Å². The van der Waals surface area contributed by atoms with Crippen LogP contribution in [0.25, 0.3) is 4.13 Å². The second-order valence-electron chi connectivity index (χ2n) is 8.87. The molecule has 0 radical (unpaired) electrons. The van der Waals surface area contributed by atoms with Gasteiger partial charge in [0.1, 0.15) is 0 Å². The molecule has 0 saturated carbocycles. The first kappa shape index (κ1) is 38.2. The molecule has 47 heavy (non-hydrogen) atoms. The van der Waals surface area contributed by atoms with Crippen molar-refractivity contribution in [3.05, 3.63) is 119 Å². The maximum Gasteiger partial charge on any atom is 0.467 e. The average Bonchev–Trinajstić information content (AvgIpc) is 2.98. The van der Waals surface area contributed by atoms with Gasteiger partial charge in [-0.2, -0.15) is 43.9 Å². The molecule has 4 aromatic rings. The molecule has 0 aromatic heterocycles. The van der Waals surface area contributed by atoms with Crippen LogP contribution in [0.1, 0.15) is 0 Å². The van der Waals surface area contributed by atoms with Gasteiger partial charge in [-0.05, 0) is 60.7 Å². The summed E-state index contributed by atoms with van der Waals surface area (Å²) in [4.78, 5) is 6.58. The molecule has 0 saturated heterocycles. The number of alkyl halides is 10. The van der Waals surface area contributed by atoms with Crippen LogP contribution >= 0.6 is 11.8 Å². The van der Waals surface area contributed by atoms with Crippen molar-refractivity contribution in [2.75, 3.05) is 0 Å². The van der Waals surface area contributed by atoms with Gasteiger partial charge < -0.3 is 4.13 Å². The van der Waals surface area contributed by atoms with Crippen LogP contribution in [0.3, 0.4) is 0 Å². The van der Waals surface area contributed by atoms with E-state index in [4.69, 9.17) is 0 Å². The van der Waals surface area contributed by atoms with Gasteiger partial charge in [0.25, 0.3) is 0 Å². The third-order valence-corrected chi connectivity index (χ3v) is 12.1. The Morgan fingerprint density at radius 2 is 0.745 bits per heavy atom. The van der Waals surface area contributed by atoms with Crippen LogP contribution in [0.2, 0.25) is 0 Å². The molecule has 4 aromatic carbocycles. The number of hydrogen-bond acceptors (Lipinski definition) is 5. The summed E-state index contributed by atoms with van der Waals surface area (Å²) in [5.41, 5.74) is 0. The van der Waals surface area contributed by atoms with Crippen molar-refractivity contribution in [3.8, 4) is 0 Å². The molecule has 0 heterocycles. The van der Waals surface area contributed by atoms with Gasteiger partial charge in [0, 0.05) is 9.79 Å². The van der Waals surface area contributed by atoms with Gasteiger partial charge in [-0.3, -0.25) is 0 Å². The lowest BCUT2D eigenvalue weighted by Crippen LogP contribution is -2.48. The normalized spacial score (nSPS) is 13.2. The largest absolute Gasteiger partial charge is 0.467 e. The van der Waals surface area contributed by atoms with Gasteiger partial charge in [0.2, 0.25) is 0 Å². The summed E-state index contributed by atoms with van der Waals surface area (Å²) in [6.45, 7) is 0. The second-order valence-corrected chi connectivity index (χ2v) is 15.6. The topological polar surface area (TPSA) is 82.4 Å². The number of halogens is 10. The monoisotopic (exact) mass is 751 g/mol. The third-order valence-electron chi connectivity index (χ3n) is 5.50. The highest BCUT2D eigenvalue weighted by Gasteiger charge is 2.68. The van der Waals surface area contributed by atoms with E-state index in [0.717, 1.165) is 0 Å². The zero-order chi connectivity index (χ0) is 35.3. The Kier molecular flexibility index (Phi) is 11.8. The van der Waals surface area contributed by atoms with Crippen molar-refractivity contribution in [3.63, 3.8) is 0 Å². The van der Waals surface area contributed by atoms with Crippen LogP contribution < -0.4 is 0 Å². The predicted molar refractivity (Wildman–Crippen MR) is 155 cm³/mol. The predicted octanol–water partition coefficient (Wildman–Crippen LogP) is 9.26. The summed E-state index contributed by atoms with van der Waals surface area (Å²) in [6, 6.07) is 41.1. The summed E-state index contributed by atoms with van der Waals surface area (Å²) in [5.74, 6) is 0. The molecule has 0 N–H and O–H groups in total. The lowest BCUT2D eigenvalue weighted by molar-refractivity contribution is -0.241. The minimum absolute atomic E-state index is 0.0786. The Bertz CT molecular complexity index is 1730. The van der Waals surface area contributed by atoms with Gasteiger partial charge in [0.15, 0.2) is 34.7 Å². The van der Waals surface area contributed by atoms with E-state index in [-0.39, 0.29) is 10.9 Å². The van der Waals surface area contributed by atoms with Crippen LogP contribution in [0.4, 0.5) is 43.9 Å². The van der Waals surface area contributed by atoms with E-state index in [1.807, 2.05) is 0 Å². The van der Waals surface area contributed by atoms with E-state index in [9.17, 15) is 60.7 Å². The van der Waals surface area contributed by atoms with Gasteiger partial charge in [-0.15, -0.1) is 0 Å². The average molecular weight is 752 g/mol. The van der Waals surface area contributed by atoms with Crippen molar-refractivity contribution >= 4 is 42.7 Å². The van der Waals surface area contributed by atoms with Crippen LogP contribution in [0, 0.1) is 0 Å². The quantitative estimate of drug-likeness (QED) is 0.126. The molecule has 0 unspecified atom stereocenters. The maximum absolute atomic E-state index is 12.3. The lowest BCUT2D eigenvalue weighted by Gasteiger charge is -2.31. The smallest absolute Gasteiger partial charge is 0.425 e. The second kappa shape index (κ2) is 14.5. The van der Waals surface area contributed by atoms with Crippen molar-refractivity contribution in [1.29, 1.82) is 0 Å². The van der Waals surface area contributed by atoms with E-state index in [1.54, 1.807) is 11.8 Å². The summed E-state index contributed by atoms with van der Waals surface area (Å²) in [5, 5.41) is -14.0. The molecule has 0 bridgehead atoms. The Balaban J connectivity index is 0.000000263. The number of rotatable bonds is 9. The SMILES string of the molecule is O=S(=O)([N-]S(=O)(=O)C(F)(F)C(F)(F)F)C(F)(F)C(F)(F)F.c1ccc(Sc2ccc([S+](c3ccccc3)c3ccccc3)cc2)cc1. The van der Waals surface area contributed by atoms with Crippen LogP contribution in [-0.2, 0) is 30.9 Å². The molecule has 0 aliphatic carbocycles. The van der Waals surface area contributed by atoms with Gasteiger partial charge in [-0.25, -0.2) is 16.8 Å². The maximum atomic E-state index is 12.3. The number of nitrogens with zero attached hydrogens (tertiary/aromatic N) is 1. The van der Waals surface area contributed by atoms with E-state index >= 15 is 0 Å². The standard InChI is InChI=1S/C24H19S2.C4F10NO4S2/c1-4-10-20(11-5-1)25-21-16-18-24(19-17-21)26(22-12-6-2-7-13-22)23-14-8-3-9-15-23;5-1(6,7)3(11,12)20(16,17)15-21(18,19)4(13,14)2(8,9)10/h1-19H;/q+1;-1. The molecule has 254 valence electrons. The van der Waals surface area contributed by atoms with Crippen molar-refractivity contribution in [2.24, 2.45) is 0 Å². The van der Waals surface area contributed by atoms with Gasteiger partial charge in [-0.1, -0.05) is 66.4 Å². The fraction of sp³-hybridized carbons (Fsp3) is 0.143. The summed E-state index contributed by atoms with van der Waals surface area (Å²) >= 11 is 1.80. The highest BCUT2D eigenvalue weighted by atomic mass is 32.3. The van der Waals surface area contributed by atoms with Crippen LogP contribution in [0.15, 0.2) is 140 Å². The first-order chi connectivity index (χ1) is 21.6.